The lowest BCUT2D eigenvalue weighted by Gasteiger charge is -2.10. The predicted molar refractivity (Wildman–Crippen MR) is 62.0 cm³/mol. The summed E-state index contributed by atoms with van der Waals surface area (Å²) in [7, 11) is 1.48. The number of carbonyl (C=O) groups is 2. The van der Waals surface area contributed by atoms with Crippen LogP contribution in [0.15, 0.2) is 16.6 Å². The van der Waals surface area contributed by atoms with Gasteiger partial charge in [0, 0.05) is 5.56 Å². The Bertz CT molecular complexity index is 415. The van der Waals surface area contributed by atoms with Gasteiger partial charge in [-0.05, 0) is 35.0 Å². The van der Waals surface area contributed by atoms with E-state index in [0.29, 0.717) is 16.5 Å². The summed E-state index contributed by atoms with van der Waals surface area (Å²) < 4.78 is 10.3. The van der Waals surface area contributed by atoms with Gasteiger partial charge < -0.3 is 9.47 Å². The van der Waals surface area contributed by atoms with Gasteiger partial charge in [0.05, 0.1) is 23.8 Å². The smallest absolute Gasteiger partial charge is 0.340 e. The number of halogens is 1. The topological polar surface area (TPSA) is 52.6 Å². The van der Waals surface area contributed by atoms with Gasteiger partial charge in [0.25, 0.3) is 0 Å². The molecule has 0 aromatic heterocycles. The van der Waals surface area contributed by atoms with Crippen LogP contribution in [0.3, 0.4) is 0 Å². The van der Waals surface area contributed by atoms with Gasteiger partial charge in [0.1, 0.15) is 5.75 Å². The zero-order chi connectivity index (χ0) is 12.1. The van der Waals surface area contributed by atoms with Crippen molar-refractivity contribution in [3.05, 3.63) is 27.7 Å². The van der Waals surface area contributed by atoms with Crippen LogP contribution in [0.25, 0.3) is 0 Å². The van der Waals surface area contributed by atoms with Crippen molar-refractivity contribution in [2.24, 2.45) is 0 Å². The lowest BCUT2D eigenvalue weighted by atomic mass is 10.1. The fraction of sp³-hybridized carbons (Fsp3) is 0.273. The Hall–Kier alpha value is -1.36. The zero-order valence-corrected chi connectivity index (χ0v) is 10.5. The molecule has 1 aromatic carbocycles. The summed E-state index contributed by atoms with van der Waals surface area (Å²) in [6.07, 6.45) is 0.608. The Morgan fingerprint density at radius 1 is 1.50 bits per heavy atom. The molecule has 1 aromatic rings. The normalized spacial score (nSPS) is 9.69. The molecule has 0 heterocycles. The van der Waals surface area contributed by atoms with Gasteiger partial charge in [-0.3, -0.25) is 4.79 Å². The molecule has 0 aliphatic heterocycles. The Morgan fingerprint density at radius 3 is 2.69 bits per heavy atom. The summed E-state index contributed by atoms with van der Waals surface area (Å²) in [6, 6.07) is 3.12. The molecule has 0 radical (unpaired) electrons. The van der Waals surface area contributed by atoms with Crippen LogP contribution in [-0.4, -0.2) is 26.0 Å². The largest absolute Gasteiger partial charge is 0.496 e. The van der Waals surface area contributed by atoms with E-state index in [-0.39, 0.29) is 17.7 Å². The SMILES string of the molecule is CCOC(=O)c1c(C=O)ccc(OC)c1Br. The summed E-state index contributed by atoms with van der Waals surface area (Å²) in [5.41, 5.74) is 0.460. The number of carbonyl (C=O) groups excluding carboxylic acids is 2. The average Bonchev–Trinajstić information content (AvgIpc) is 2.28. The van der Waals surface area contributed by atoms with E-state index in [4.69, 9.17) is 9.47 Å². The van der Waals surface area contributed by atoms with Crippen LogP contribution in [-0.2, 0) is 4.74 Å². The van der Waals surface area contributed by atoms with Crippen LogP contribution >= 0.6 is 15.9 Å². The molecule has 0 saturated heterocycles. The molecular formula is C11H11BrO4. The van der Waals surface area contributed by atoms with E-state index >= 15 is 0 Å². The molecule has 1 rings (SSSR count). The lowest BCUT2D eigenvalue weighted by Crippen LogP contribution is -2.09. The highest BCUT2D eigenvalue weighted by atomic mass is 79.9. The maximum atomic E-state index is 11.6. The molecular weight excluding hydrogens is 276 g/mol. The molecule has 0 amide bonds. The number of hydrogen-bond acceptors (Lipinski definition) is 4. The van der Waals surface area contributed by atoms with Gasteiger partial charge in [0.2, 0.25) is 0 Å². The van der Waals surface area contributed by atoms with Gasteiger partial charge >= 0.3 is 5.97 Å². The Balaban J connectivity index is 3.31. The number of hydrogen-bond donors (Lipinski definition) is 0. The number of ether oxygens (including phenoxy) is 2. The minimum absolute atomic E-state index is 0.191. The van der Waals surface area contributed by atoms with Crippen molar-refractivity contribution in [2.75, 3.05) is 13.7 Å². The molecule has 0 aliphatic carbocycles. The molecule has 0 unspecified atom stereocenters. The third-order valence-corrected chi connectivity index (χ3v) is 2.75. The highest BCUT2D eigenvalue weighted by molar-refractivity contribution is 9.10. The van der Waals surface area contributed by atoms with Crippen molar-refractivity contribution >= 4 is 28.2 Å². The second-order valence-electron chi connectivity index (χ2n) is 2.88. The Kier molecular flexibility index (Phi) is 4.49. The highest BCUT2D eigenvalue weighted by Gasteiger charge is 2.19. The molecule has 16 heavy (non-hydrogen) atoms. The van der Waals surface area contributed by atoms with Gasteiger partial charge in [-0.1, -0.05) is 0 Å². The number of aldehydes is 1. The molecule has 4 nitrogen and oxygen atoms in total. The average molecular weight is 287 g/mol. The molecule has 0 N–H and O–H groups in total. The van der Waals surface area contributed by atoms with Gasteiger partial charge in [-0.15, -0.1) is 0 Å². The maximum Gasteiger partial charge on any atom is 0.340 e. The van der Waals surface area contributed by atoms with E-state index in [0.717, 1.165) is 0 Å². The van der Waals surface area contributed by atoms with Crippen molar-refractivity contribution in [3.63, 3.8) is 0 Å². The summed E-state index contributed by atoms with van der Waals surface area (Å²) in [5, 5.41) is 0. The van der Waals surface area contributed by atoms with Crippen molar-refractivity contribution < 1.29 is 19.1 Å². The number of methoxy groups -OCH3 is 1. The number of benzene rings is 1. The van der Waals surface area contributed by atoms with Crippen molar-refractivity contribution in [3.8, 4) is 5.75 Å². The fourth-order valence-electron chi connectivity index (χ4n) is 1.24. The number of esters is 1. The molecule has 0 bridgehead atoms. The third-order valence-electron chi connectivity index (χ3n) is 1.97. The minimum Gasteiger partial charge on any atom is -0.496 e. The van der Waals surface area contributed by atoms with E-state index in [1.165, 1.54) is 13.2 Å². The second kappa shape index (κ2) is 5.65. The molecule has 5 heteroatoms. The number of rotatable bonds is 4. The third kappa shape index (κ3) is 2.41. The molecule has 0 saturated carbocycles. The van der Waals surface area contributed by atoms with Gasteiger partial charge in [-0.2, -0.15) is 0 Å². The van der Waals surface area contributed by atoms with Crippen LogP contribution in [0.4, 0.5) is 0 Å². The van der Waals surface area contributed by atoms with E-state index in [1.54, 1.807) is 13.0 Å². The van der Waals surface area contributed by atoms with Gasteiger partial charge in [-0.25, -0.2) is 4.79 Å². The first-order chi connectivity index (χ1) is 7.65. The summed E-state index contributed by atoms with van der Waals surface area (Å²) in [6.45, 7) is 1.95. The van der Waals surface area contributed by atoms with Crippen molar-refractivity contribution in [1.82, 2.24) is 0 Å². The highest BCUT2D eigenvalue weighted by Crippen LogP contribution is 2.31. The second-order valence-corrected chi connectivity index (χ2v) is 3.68. The zero-order valence-electron chi connectivity index (χ0n) is 8.95. The fourth-order valence-corrected chi connectivity index (χ4v) is 1.92. The Labute approximate surface area is 102 Å². The lowest BCUT2D eigenvalue weighted by molar-refractivity contribution is 0.0522. The van der Waals surface area contributed by atoms with E-state index in [9.17, 15) is 9.59 Å². The van der Waals surface area contributed by atoms with Crippen LogP contribution < -0.4 is 4.74 Å². The van der Waals surface area contributed by atoms with E-state index in [1.807, 2.05) is 0 Å². The first-order valence-corrected chi connectivity index (χ1v) is 5.43. The minimum atomic E-state index is -0.546. The summed E-state index contributed by atoms with van der Waals surface area (Å²) in [4.78, 5) is 22.5. The monoisotopic (exact) mass is 286 g/mol. The summed E-state index contributed by atoms with van der Waals surface area (Å²) in [5.74, 6) is -0.0657. The van der Waals surface area contributed by atoms with Crippen LogP contribution in [0.2, 0.25) is 0 Å². The van der Waals surface area contributed by atoms with Crippen LogP contribution in [0.5, 0.6) is 5.75 Å². The van der Waals surface area contributed by atoms with E-state index in [2.05, 4.69) is 15.9 Å². The molecule has 0 spiro atoms. The quantitative estimate of drug-likeness (QED) is 0.630. The van der Waals surface area contributed by atoms with Crippen LogP contribution in [0.1, 0.15) is 27.6 Å². The van der Waals surface area contributed by atoms with Crippen molar-refractivity contribution in [2.45, 2.75) is 6.92 Å². The molecule has 0 atom stereocenters. The molecule has 0 fully saturated rings. The first-order valence-electron chi connectivity index (χ1n) is 4.64. The van der Waals surface area contributed by atoms with Crippen molar-refractivity contribution in [1.29, 1.82) is 0 Å². The molecule has 86 valence electrons. The maximum absolute atomic E-state index is 11.6. The first kappa shape index (κ1) is 12.7. The Morgan fingerprint density at radius 2 is 2.19 bits per heavy atom. The molecule has 0 aliphatic rings. The summed E-state index contributed by atoms with van der Waals surface area (Å²) >= 11 is 3.22. The van der Waals surface area contributed by atoms with E-state index < -0.39 is 5.97 Å². The standard InChI is InChI=1S/C11H11BrO4/c1-3-16-11(14)9-7(6-13)4-5-8(15-2)10(9)12/h4-6H,3H2,1-2H3. The van der Waals surface area contributed by atoms with Gasteiger partial charge in [0.15, 0.2) is 6.29 Å². The van der Waals surface area contributed by atoms with Crippen LogP contribution in [0, 0.1) is 0 Å². The predicted octanol–water partition coefficient (Wildman–Crippen LogP) is 2.45.